The molecule has 5 heteroatoms. The lowest BCUT2D eigenvalue weighted by Crippen LogP contribution is -2.34. The van der Waals surface area contributed by atoms with E-state index in [4.69, 9.17) is 23.2 Å². The quantitative estimate of drug-likeness (QED) is 0.874. The van der Waals surface area contributed by atoms with Crippen molar-refractivity contribution in [1.29, 1.82) is 0 Å². The molecule has 0 aliphatic rings. The molecule has 0 spiro atoms. The maximum absolute atomic E-state index is 11.3. The molecule has 0 fully saturated rings. The van der Waals surface area contributed by atoms with Crippen LogP contribution in [0.25, 0.3) is 0 Å². The summed E-state index contributed by atoms with van der Waals surface area (Å²) < 4.78 is 0. The van der Waals surface area contributed by atoms with Gasteiger partial charge < -0.3 is 10.6 Å². The number of nitrogens with one attached hydrogen (secondary N) is 2. The molecule has 3 nitrogen and oxygen atoms in total. The minimum atomic E-state index is -0.0546. The van der Waals surface area contributed by atoms with Crippen molar-refractivity contribution in [2.75, 3.05) is 11.9 Å². The van der Waals surface area contributed by atoms with Gasteiger partial charge in [-0.05, 0) is 32.0 Å². The molecule has 0 saturated carbocycles. The maximum Gasteiger partial charge on any atom is 0.239 e. The number of anilines is 1. The van der Waals surface area contributed by atoms with E-state index in [-0.39, 0.29) is 18.5 Å². The fourth-order valence-corrected chi connectivity index (χ4v) is 1.46. The van der Waals surface area contributed by atoms with Crippen LogP contribution < -0.4 is 10.6 Å². The Balaban J connectivity index is 2.48. The predicted molar refractivity (Wildman–Crippen MR) is 68.2 cm³/mol. The molecule has 0 radical (unpaired) electrons. The van der Waals surface area contributed by atoms with Crippen LogP contribution in [0, 0.1) is 0 Å². The first-order valence-electron chi connectivity index (χ1n) is 4.97. The van der Waals surface area contributed by atoms with Crippen LogP contribution in [0.15, 0.2) is 18.2 Å². The smallest absolute Gasteiger partial charge is 0.239 e. The monoisotopic (exact) mass is 260 g/mol. The first kappa shape index (κ1) is 13.1. The van der Waals surface area contributed by atoms with Gasteiger partial charge in [-0.2, -0.15) is 0 Å². The molecule has 0 heterocycles. The fourth-order valence-electron chi connectivity index (χ4n) is 1.16. The van der Waals surface area contributed by atoms with Crippen LogP contribution in [-0.2, 0) is 4.79 Å². The lowest BCUT2D eigenvalue weighted by Gasteiger charge is -2.10. The molecule has 0 unspecified atom stereocenters. The lowest BCUT2D eigenvalue weighted by molar-refractivity contribution is -0.119. The van der Waals surface area contributed by atoms with Crippen molar-refractivity contribution in [3.8, 4) is 0 Å². The Bertz CT molecular complexity index is 380. The number of amides is 1. The molecule has 0 aliphatic carbocycles. The second-order valence-corrected chi connectivity index (χ2v) is 4.52. The highest BCUT2D eigenvalue weighted by atomic mass is 35.5. The van der Waals surface area contributed by atoms with E-state index in [2.05, 4.69) is 10.6 Å². The van der Waals surface area contributed by atoms with E-state index in [1.807, 2.05) is 13.8 Å². The summed E-state index contributed by atoms with van der Waals surface area (Å²) in [5.41, 5.74) is 0.772. The van der Waals surface area contributed by atoms with E-state index in [1.165, 1.54) is 0 Å². The Morgan fingerprint density at radius 2 is 2.00 bits per heavy atom. The highest BCUT2D eigenvalue weighted by Gasteiger charge is 2.03. The van der Waals surface area contributed by atoms with Crippen LogP contribution in [0.1, 0.15) is 13.8 Å². The van der Waals surface area contributed by atoms with Crippen molar-refractivity contribution >= 4 is 34.8 Å². The van der Waals surface area contributed by atoms with Crippen LogP contribution in [0.5, 0.6) is 0 Å². The molecule has 1 rings (SSSR count). The van der Waals surface area contributed by atoms with Gasteiger partial charge in [0.05, 0.1) is 16.6 Å². The van der Waals surface area contributed by atoms with Crippen LogP contribution in [-0.4, -0.2) is 18.5 Å². The van der Waals surface area contributed by atoms with E-state index in [0.29, 0.717) is 10.0 Å². The highest BCUT2D eigenvalue weighted by molar-refractivity contribution is 6.42. The Hall–Kier alpha value is -0.930. The molecule has 0 aromatic heterocycles. The largest absolute Gasteiger partial charge is 0.376 e. The molecule has 1 amide bonds. The number of benzene rings is 1. The zero-order chi connectivity index (χ0) is 12.1. The average molecular weight is 261 g/mol. The summed E-state index contributed by atoms with van der Waals surface area (Å²) in [6.45, 7) is 4.05. The van der Waals surface area contributed by atoms with Crippen LogP contribution in [0.3, 0.4) is 0 Å². The normalized spacial score (nSPS) is 10.3. The van der Waals surface area contributed by atoms with Gasteiger partial charge in [-0.3, -0.25) is 4.79 Å². The second kappa shape index (κ2) is 5.97. The first-order valence-corrected chi connectivity index (χ1v) is 5.73. The number of hydrogen-bond donors (Lipinski definition) is 2. The van der Waals surface area contributed by atoms with E-state index in [1.54, 1.807) is 18.2 Å². The zero-order valence-electron chi connectivity index (χ0n) is 9.18. The van der Waals surface area contributed by atoms with Crippen LogP contribution >= 0.6 is 23.2 Å². The number of carbonyl (C=O) groups excluding carboxylic acids is 1. The van der Waals surface area contributed by atoms with Crippen LogP contribution in [0.2, 0.25) is 10.0 Å². The summed E-state index contributed by atoms with van der Waals surface area (Å²) in [5.74, 6) is -0.0546. The average Bonchev–Trinajstić information content (AvgIpc) is 2.19. The van der Waals surface area contributed by atoms with Gasteiger partial charge in [0.2, 0.25) is 5.91 Å². The molecule has 0 atom stereocenters. The molecule has 1 aromatic carbocycles. The van der Waals surface area contributed by atoms with Gasteiger partial charge in [0.25, 0.3) is 0 Å². The summed E-state index contributed by atoms with van der Waals surface area (Å²) in [6, 6.07) is 5.29. The minimum Gasteiger partial charge on any atom is -0.376 e. The SMILES string of the molecule is CC(C)NC(=O)CNc1ccc(Cl)c(Cl)c1. The standard InChI is InChI=1S/C11H14Cl2N2O/c1-7(2)15-11(16)6-14-8-3-4-9(12)10(13)5-8/h3-5,7,14H,6H2,1-2H3,(H,15,16). The van der Waals surface area contributed by atoms with E-state index < -0.39 is 0 Å². The Morgan fingerprint density at radius 1 is 1.31 bits per heavy atom. The Kier molecular flexibility index (Phi) is 4.90. The minimum absolute atomic E-state index is 0.0546. The summed E-state index contributed by atoms with van der Waals surface area (Å²) in [4.78, 5) is 11.3. The van der Waals surface area contributed by atoms with Gasteiger partial charge in [-0.25, -0.2) is 0 Å². The number of hydrogen-bond acceptors (Lipinski definition) is 2. The van der Waals surface area contributed by atoms with Crippen LogP contribution in [0.4, 0.5) is 5.69 Å². The molecule has 88 valence electrons. The molecule has 0 aliphatic heterocycles. The summed E-state index contributed by atoms with van der Waals surface area (Å²) in [6.07, 6.45) is 0. The maximum atomic E-state index is 11.3. The summed E-state index contributed by atoms with van der Waals surface area (Å²) in [7, 11) is 0. The van der Waals surface area contributed by atoms with Crippen molar-refractivity contribution in [1.82, 2.24) is 5.32 Å². The van der Waals surface area contributed by atoms with E-state index >= 15 is 0 Å². The van der Waals surface area contributed by atoms with E-state index in [9.17, 15) is 4.79 Å². The fraction of sp³-hybridized carbons (Fsp3) is 0.364. The second-order valence-electron chi connectivity index (χ2n) is 3.70. The number of carbonyl (C=O) groups is 1. The molecular weight excluding hydrogens is 247 g/mol. The van der Waals surface area contributed by atoms with Crippen molar-refractivity contribution < 1.29 is 4.79 Å². The number of halogens is 2. The molecule has 16 heavy (non-hydrogen) atoms. The van der Waals surface area contributed by atoms with Gasteiger partial charge in [0.15, 0.2) is 0 Å². The van der Waals surface area contributed by atoms with Gasteiger partial charge in [-0.15, -0.1) is 0 Å². The third-order valence-electron chi connectivity index (χ3n) is 1.82. The molecule has 2 N–H and O–H groups in total. The molecular formula is C11H14Cl2N2O. The lowest BCUT2D eigenvalue weighted by atomic mass is 10.3. The van der Waals surface area contributed by atoms with Gasteiger partial charge in [0.1, 0.15) is 0 Å². The zero-order valence-corrected chi connectivity index (χ0v) is 10.7. The predicted octanol–water partition coefficient (Wildman–Crippen LogP) is 2.93. The topological polar surface area (TPSA) is 41.1 Å². The number of rotatable bonds is 4. The summed E-state index contributed by atoms with van der Waals surface area (Å²) in [5, 5.41) is 6.71. The first-order chi connectivity index (χ1) is 7.49. The Labute approximate surface area is 105 Å². The van der Waals surface area contributed by atoms with Gasteiger partial charge in [-0.1, -0.05) is 23.2 Å². The third kappa shape index (κ3) is 4.29. The van der Waals surface area contributed by atoms with Gasteiger partial charge in [0, 0.05) is 11.7 Å². The Morgan fingerprint density at radius 3 is 2.56 bits per heavy atom. The van der Waals surface area contributed by atoms with Crippen molar-refractivity contribution in [3.05, 3.63) is 28.2 Å². The van der Waals surface area contributed by atoms with E-state index in [0.717, 1.165) is 5.69 Å². The third-order valence-corrected chi connectivity index (χ3v) is 2.56. The van der Waals surface area contributed by atoms with Crippen molar-refractivity contribution in [2.24, 2.45) is 0 Å². The van der Waals surface area contributed by atoms with Crippen molar-refractivity contribution in [3.63, 3.8) is 0 Å². The highest BCUT2D eigenvalue weighted by Crippen LogP contribution is 2.24. The van der Waals surface area contributed by atoms with Gasteiger partial charge >= 0.3 is 0 Å². The molecule has 0 bridgehead atoms. The molecule has 0 saturated heterocycles. The summed E-state index contributed by atoms with van der Waals surface area (Å²) >= 11 is 11.6. The molecule has 1 aromatic rings. The van der Waals surface area contributed by atoms with Crippen molar-refractivity contribution in [2.45, 2.75) is 19.9 Å².